The molecule has 0 saturated heterocycles. The van der Waals surface area contributed by atoms with Crippen LogP contribution in [0, 0.1) is 0 Å². The fourth-order valence-electron chi connectivity index (χ4n) is 3.56. The van der Waals surface area contributed by atoms with Crippen molar-refractivity contribution >= 4 is 26.8 Å². The monoisotopic (exact) mass is 467 g/mol. The predicted molar refractivity (Wildman–Crippen MR) is 138 cm³/mol. The Bertz CT molecular complexity index is 957. The van der Waals surface area contributed by atoms with E-state index in [1.165, 1.54) is 16.7 Å². The summed E-state index contributed by atoms with van der Waals surface area (Å²) in [5.74, 6) is 1.47. The molecule has 1 nitrogen and oxygen atoms in total. The zero-order valence-corrected chi connectivity index (χ0v) is 20.3. The summed E-state index contributed by atoms with van der Waals surface area (Å²) in [7, 11) is -1.95. The van der Waals surface area contributed by atoms with Crippen LogP contribution in [0.1, 0.15) is 20.3 Å². The van der Waals surface area contributed by atoms with Gasteiger partial charge in [0.05, 0.1) is 5.66 Å². The van der Waals surface area contributed by atoms with Crippen LogP contribution >= 0.6 is 16.1 Å². The molecule has 2 unspecified atom stereocenters. The van der Waals surface area contributed by atoms with Crippen LogP contribution in [0.3, 0.4) is 0 Å². The third-order valence-electron chi connectivity index (χ3n) is 4.92. The maximum atomic E-state index is 15.1. The van der Waals surface area contributed by atoms with Crippen LogP contribution in [-0.2, 0) is 0 Å². The summed E-state index contributed by atoms with van der Waals surface area (Å²) in [5, 5.41) is 2.46. The van der Waals surface area contributed by atoms with E-state index in [2.05, 4.69) is 79.2 Å². The number of allylic oxidation sites excluding steroid dienone is 8. The minimum Gasteiger partial charge on any atom is -0.246 e. The van der Waals surface area contributed by atoms with E-state index in [-0.39, 0.29) is 17.5 Å². The first-order valence-electron chi connectivity index (χ1n) is 10.7. The smallest absolute Gasteiger partial charge is 0.116 e. The second kappa shape index (κ2) is 12.2. The Morgan fingerprint density at radius 1 is 1.03 bits per heavy atom. The molecule has 0 saturated carbocycles. The molecule has 0 fully saturated rings. The van der Waals surface area contributed by atoms with Gasteiger partial charge in [-0.2, -0.15) is 0 Å². The molecule has 32 heavy (non-hydrogen) atoms. The van der Waals surface area contributed by atoms with Gasteiger partial charge in [0.15, 0.2) is 0 Å². The zero-order valence-electron chi connectivity index (χ0n) is 18.5. The van der Waals surface area contributed by atoms with E-state index in [0.717, 1.165) is 0 Å². The summed E-state index contributed by atoms with van der Waals surface area (Å²) in [6.45, 7) is 7.62. The highest BCUT2D eigenvalue weighted by molar-refractivity contribution is 7.80. The van der Waals surface area contributed by atoms with Gasteiger partial charge in [-0.25, -0.2) is 13.2 Å². The topological polar surface area (TPSA) is 3.24 Å². The van der Waals surface area contributed by atoms with Gasteiger partial charge in [0.1, 0.15) is 11.7 Å². The van der Waals surface area contributed by atoms with Gasteiger partial charge in [-0.3, -0.25) is 0 Å². The van der Waals surface area contributed by atoms with Crippen molar-refractivity contribution in [2.24, 2.45) is 0 Å². The molecule has 0 radical (unpaired) electrons. The van der Waals surface area contributed by atoms with Crippen LogP contribution in [-0.4, -0.2) is 16.1 Å². The molecule has 0 bridgehead atoms. The van der Waals surface area contributed by atoms with Crippen LogP contribution in [0.25, 0.3) is 0 Å². The van der Waals surface area contributed by atoms with Crippen LogP contribution < -0.4 is 10.6 Å². The van der Waals surface area contributed by atoms with Gasteiger partial charge in [0, 0.05) is 22.2 Å². The average molecular weight is 467 g/mol. The number of benzene rings is 2. The minimum absolute atomic E-state index is 0.0936. The molecule has 0 heterocycles. The van der Waals surface area contributed by atoms with Gasteiger partial charge in [-0.1, -0.05) is 91.5 Å². The van der Waals surface area contributed by atoms with Crippen molar-refractivity contribution in [3.8, 4) is 0 Å². The summed E-state index contributed by atoms with van der Waals surface area (Å²) >= 11 is 0. The SMILES string of the molecule is C=C(F)/C=C\C=C\P(C1CC=CC=C1F)N(C(C)C)P(c1ccccc1)c1ccccc1. The highest BCUT2D eigenvalue weighted by Gasteiger charge is 2.36. The normalized spacial score (nSPS) is 17.6. The molecular formula is C27H29F2NP2. The molecule has 1 aliphatic rings. The van der Waals surface area contributed by atoms with Crippen LogP contribution in [0.2, 0.25) is 0 Å². The summed E-state index contributed by atoms with van der Waals surface area (Å²) in [4.78, 5) is 0. The number of hydrogen-bond donors (Lipinski definition) is 0. The highest BCUT2D eigenvalue weighted by Crippen LogP contribution is 2.62. The van der Waals surface area contributed by atoms with Crippen molar-refractivity contribution in [3.63, 3.8) is 0 Å². The summed E-state index contributed by atoms with van der Waals surface area (Å²) < 4.78 is 30.7. The van der Waals surface area contributed by atoms with E-state index in [1.807, 2.05) is 24.3 Å². The van der Waals surface area contributed by atoms with Gasteiger partial charge < -0.3 is 0 Å². The maximum Gasteiger partial charge on any atom is 0.116 e. The first kappa shape index (κ1) is 24.5. The minimum atomic E-state index is -1.05. The first-order chi connectivity index (χ1) is 15.5. The molecule has 2 aromatic carbocycles. The Hall–Kier alpha value is -2.18. The van der Waals surface area contributed by atoms with Gasteiger partial charge >= 0.3 is 0 Å². The second-order valence-electron chi connectivity index (χ2n) is 7.66. The lowest BCUT2D eigenvalue weighted by Gasteiger charge is -2.43. The van der Waals surface area contributed by atoms with E-state index in [1.54, 1.807) is 18.2 Å². The lowest BCUT2D eigenvalue weighted by molar-refractivity contribution is 0.551. The largest absolute Gasteiger partial charge is 0.246 e. The molecule has 2 aromatic rings. The van der Waals surface area contributed by atoms with Gasteiger partial charge in [0.25, 0.3) is 0 Å². The molecule has 2 atom stereocenters. The van der Waals surface area contributed by atoms with Crippen molar-refractivity contribution in [3.05, 3.63) is 121 Å². The van der Waals surface area contributed by atoms with E-state index >= 15 is 4.39 Å². The Morgan fingerprint density at radius 3 is 2.12 bits per heavy atom. The fourth-order valence-corrected chi connectivity index (χ4v) is 9.82. The molecule has 1 aliphatic carbocycles. The Balaban J connectivity index is 2.12. The predicted octanol–water partition coefficient (Wildman–Crippen LogP) is 7.88. The third-order valence-corrected chi connectivity index (χ3v) is 11.0. The van der Waals surface area contributed by atoms with E-state index < -0.39 is 22.0 Å². The Labute approximate surface area is 193 Å². The number of rotatable bonds is 9. The van der Waals surface area contributed by atoms with Crippen LogP contribution in [0.15, 0.2) is 121 Å². The summed E-state index contributed by atoms with van der Waals surface area (Å²) in [5.41, 5.74) is -0.243. The number of hydrogen-bond acceptors (Lipinski definition) is 1. The Kier molecular flexibility index (Phi) is 9.30. The summed E-state index contributed by atoms with van der Waals surface area (Å²) in [6.07, 6.45) is 10.8. The van der Waals surface area contributed by atoms with Crippen molar-refractivity contribution in [1.82, 2.24) is 4.44 Å². The number of halogens is 2. The standard InChI is InChI=1S/C27H29F2NP2/c1-22(2)30(32(24-15-6-4-7-16-24)25-17-8-5-9-18-25)31(21-13-12-14-23(3)28)27-20-11-10-19-26(27)29/h4-19,21-22,27H,3,20H2,1-2H3/b14-12-,21-13+. The highest BCUT2D eigenvalue weighted by atomic mass is 31.2. The van der Waals surface area contributed by atoms with E-state index in [4.69, 9.17) is 0 Å². The van der Waals surface area contributed by atoms with Crippen molar-refractivity contribution in [1.29, 1.82) is 0 Å². The number of nitrogens with zero attached hydrogens (tertiary/aromatic N) is 1. The van der Waals surface area contributed by atoms with E-state index in [0.29, 0.717) is 6.42 Å². The van der Waals surface area contributed by atoms with Gasteiger partial charge in [-0.05, 0) is 48.8 Å². The molecule has 0 N–H and O–H groups in total. The quantitative estimate of drug-likeness (QED) is 0.268. The third kappa shape index (κ3) is 6.42. The fraction of sp³-hybridized carbons (Fsp3) is 0.185. The molecule has 0 aromatic heterocycles. The lowest BCUT2D eigenvalue weighted by Crippen LogP contribution is -2.32. The zero-order chi connectivity index (χ0) is 22.9. The van der Waals surface area contributed by atoms with Gasteiger partial charge in [0.2, 0.25) is 0 Å². The second-order valence-corrected chi connectivity index (χ2v) is 12.2. The van der Waals surface area contributed by atoms with E-state index in [9.17, 15) is 4.39 Å². The first-order valence-corrected chi connectivity index (χ1v) is 13.4. The average Bonchev–Trinajstić information content (AvgIpc) is 2.79. The van der Waals surface area contributed by atoms with Gasteiger partial charge in [-0.15, -0.1) is 0 Å². The van der Waals surface area contributed by atoms with Crippen molar-refractivity contribution in [2.75, 3.05) is 0 Å². The molecule has 5 heteroatoms. The van der Waals surface area contributed by atoms with Crippen LogP contribution in [0.4, 0.5) is 8.78 Å². The Morgan fingerprint density at radius 2 is 1.62 bits per heavy atom. The molecule has 0 spiro atoms. The summed E-state index contributed by atoms with van der Waals surface area (Å²) in [6, 6.07) is 21.1. The van der Waals surface area contributed by atoms with Crippen molar-refractivity contribution in [2.45, 2.75) is 32.0 Å². The lowest BCUT2D eigenvalue weighted by atomic mass is 10.2. The van der Waals surface area contributed by atoms with Crippen molar-refractivity contribution < 1.29 is 8.78 Å². The molecule has 166 valence electrons. The molecule has 0 amide bonds. The maximum absolute atomic E-state index is 15.1. The molecule has 0 aliphatic heterocycles. The van der Waals surface area contributed by atoms with Crippen LogP contribution in [0.5, 0.6) is 0 Å². The molecular weight excluding hydrogens is 438 g/mol. The molecule has 3 rings (SSSR count).